The molecule has 1 aromatic heterocycles. The van der Waals surface area contributed by atoms with Crippen molar-refractivity contribution in [2.45, 2.75) is 13.1 Å². The van der Waals surface area contributed by atoms with Crippen LogP contribution >= 0.6 is 0 Å². The minimum absolute atomic E-state index is 0.0304. The van der Waals surface area contributed by atoms with Crippen LogP contribution in [0.2, 0.25) is 0 Å². The molecule has 2 amide bonds. The van der Waals surface area contributed by atoms with Crippen molar-refractivity contribution in [3.05, 3.63) is 65.5 Å². The largest absolute Gasteiger partial charge is 0.490 e. The van der Waals surface area contributed by atoms with Gasteiger partial charge in [-0.3, -0.25) is 14.5 Å². The van der Waals surface area contributed by atoms with Crippen molar-refractivity contribution in [3.8, 4) is 35.0 Å². The summed E-state index contributed by atoms with van der Waals surface area (Å²) >= 11 is 0. The number of imidazole rings is 1. The predicted octanol–water partition coefficient (Wildman–Crippen LogP) is 3.50. The molecule has 12 heteroatoms. The molecule has 0 unspecified atom stereocenters. The normalized spacial score (nSPS) is 13.6. The highest BCUT2D eigenvalue weighted by Crippen LogP contribution is 2.33. The van der Waals surface area contributed by atoms with Crippen LogP contribution in [0.5, 0.6) is 5.75 Å². The fraction of sp³-hybridized carbons (Fsp3) is 0.286. The standard InChI is InChI=1S/C28H25F3N6O3/c1-19(38)37-11-9-36(10-12-37)13-14-40-24-7-6-22(27-33-18-25(35-27)28(29,30)31)16-23(24)34-26(39)8-5-20-3-2-4-21(15-20)17-32/h2-4,6-7,15-16,18H,9-14H2,1H3,(H,33,35)(H,34,39). The Morgan fingerprint density at radius 2 is 1.88 bits per heavy atom. The molecule has 206 valence electrons. The fourth-order valence-corrected chi connectivity index (χ4v) is 4.03. The van der Waals surface area contributed by atoms with Gasteiger partial charge in [0, 0.05) is 56.7 Å². The van der Waals surface area contributed by atoms with Crippen molar-refractivity contribution < 1.29 is 27.5 Å². The smallest absolute Gasteiger partial charge is 0.432 e. The van der Waals surface area contributed by atoms with E-state index in [-0.39, 0.29) is 24.0 Å². The van der Waals surface area contributed by atoms with E-state index >= 15 is 0 Å². The average molecular weight is 551 g/mol. The first kappa shape index (κ1) is 28.2. The summed E-state index contributed by atoms with van der Waals surface area (Å²) in [5.41, 5.74) is 0.375. The van der Waals surface area contributed by atoms with E-state index in [1.807, 2.05) is 6.07 Å². The lowest BCUT2D eigenvalue weighted by atomic mass is 10.1. The number of hydrogen-bond acceptors (Lipinski definition) is 6. The molecule has 4 rings (SSSR count). The van der Waals surface area contributed by atoms with Gasteiger partial charge in [0.1, 0.15) is 23.9 Å². The molecule has 0 bridgehead atoms. The van der Waals surface area contributed by atoms with Crippen LogP contribution in [0.4, 0.5) is 18.9 Å². The number of H-pyrrole nitrogens is 1. The van der Waals surface area contributed by atoms with Gasteiger partial charge in [-0.05, 0) is 36.4 Å². The average Bonchev–Trinajstić information content (AvgIpc) is 3.44. The number of nitrogens with one attached hydrogen (secondary N) is 2. The van der Waals surface area contributed by atoms with E-state index < -0.39 is 17.8 Å². The van der Waals surface area contributed by atoms with Crippen LogP contribution < -0.4 is 10.1 Å². The molecule has 0 spiro atoms. The summed E-state index contributed by atoms with van der Waals surface area (Å²) in [6.07, 6.45) is -3.88. The second kappa shape index (κ2) is 12.4. The molecule has 0 radical (unpaired) electrons. The molecule has 1 fully saturated rings. The van der Waals surface area contributed by atoms with E-state index in [0.29, 0.717) is 61.4 Å². The summed E-state index contributed by atoms with van der Waals surface area (Å²) in [6, 6.07) is 13.0. The highest BCUT2D eigenvalue weighted by atomic mass is 19.4. The van der Waals surface area contributed by atoms with E-state index in [1.165, 1.54) is 18.2 Å². The van der Waals surface area contributed by atoms with Gasteiger partial charge >= 0.3 is 12.1 Å². The number of piperazine rings is 1. The van der Waals surface area contributed by atoms with Gasteiger partial charge < -0.3 is 19.9 Å². The molecule has 1 saturated heterocycles. The molecular weight excluding hydrogens is 525 g/mol. The number of ether oxygens (including phenoxy) is 1. The van der Waals surface area contributed by atoms with Crippen LogP contribution in [-0.2, 0) is 15.8 Å². The number of benzene rings is 2. The lowest BCUT2D eigenvalue weighted by Crippen LogP contribution is -2.48. The van der Waals surface area contributed by atoms with Crippen LogP contribution in [0, 0.1) is 23.2 Å². The highest BCUT2D eigenvalue weighted by Gasteiger charge is 2.33. The molecule has 0 aliphatic carbocycles. The molecule has 1 aliphatic rings. The van der Waals surface area contributed by atoms with E-state index in [4.69, 9.17) is 10.00 Å². The monoisotopic (exact) mass is 550 g/mol. The van der Waals surface area contributed by atoms with Crippen molar-refractivity contribution >= 4 is 17.5 Å². The van der Waals surface area contributed by atoms with E-state index in [0.717, 1.165) is 0 Å². The third-order valence-corrected chi connectivity index (χ3v) is 6.18. The number of nitriles is 1. The number of rotatable bonds is 6. The van der Waals surface area contributed by atoms with Crippen molar-refractivity contribution in [3.63, 3.8) is 0 Å². The maximum Gasteiger partial charge on any atom is 0.432 e. The Bertz CT molecular complexity index is 1490. The van der Waals surface area contributed by atoms with Crippen LogP contribution in [0.3, 0.4) is 0 Å². The molecule has 2 aromatic carbocycles. The summed E-state index contributed by atoms with van der Waals surface area (Å²) < 4.78 is 45.1. The Balaban J connectivity index is 1.50. The van der Waals surface area contributed by atoms with Crippen molar-refractivity contribution in [2.24, 2.45) is 0 Å². The Kier molecular flexibility index (Phi) is 8.72. The van der Waals surface area contributed by atoms with Crippen molar-refractivity contribution in [2.75, 3.05) is 44.6 Å². The number of anilines is 1. The lowest BCUT2D eigenvalue weighted by molar-refractivity contribution is -0.140. The molecule has 0 atom stereocenters. The summed E-state index contributed by atoms with van der Waals surface area (Å²) in [4.78, 5) is 34.2. The van der Waals surface area contributed by atoms with Gasteiger partial charge in [0.05, 0.1) is 23.5 Å². The van der Waals surface area contributed by atoms with Gasteiger partial charge in [-0.15, -0.1) is 0 Å². The molecule has 2 heterocycles. The zero-order valence-electron chi connectivity index (χ0n) is 21.5. The number of alkyl halides is 3. The zero-order valence-corrected chi connectivity index (χ0v) is 21.5. The molecule has 0 saturated carbocycles. The number of aromatic amines is 1. The Morgan fingerprint density at radius 3 is 2.55 bits per heavy atom. The zero-order chi connectivity index (χ0) is 28.7. The number of hydrogen-bond donors (Lipinski definition) is 2. The summed E-state index contributed by atoms with van der Waals surface area (Å²) in [5, 5.41) is 11.7. The minimum atomic E-state index is -4.58. The lowest BCUT2D eigenvalue weighted by Gasteiger charge is -2.34. The van der Waals surface area contributed by atoms with Gasteiger partial charge in [0.25, 0.3) is 0 Å². The molecule has 1 aliphatic heterocycles. The second-order valence-corrected chi connectivity index (χ2v) is 8.95. The summed E-state index contributed by atoms with van der Waals surface area (Å²) in [5.74, 6) is 4.77. The van der Waals surface area contributed by atoms with Gasteiger partial charge in [0.15, 0.2) is 0 Å². The molecular formula is C28H25F3N6O3. The van der Waals surface area contributed by atoms with Gasteiger partial charge in [-0.25, -0.2) is 4.98 Å². The van der Waals surface area contributed by atoms with Crippen LogP contribution in [0.15, 0.2) is 48.7 Å². The molecule has 9 nitrogen and oxygen atoms in total. The van der Waals surface area contributed by atoms with Gasteiger partial charge in [0.2, 0.25) is 5.91 Å². The minimum Gasteiger partial charge on any atom is -0.490 e. The first-order valence-electron chi connectivity index (χ1n) is 12.3. The topological polar surface area (TPSA) is 114 Å². The quantitative estimate of drug-likeness (QED) is 0.454. The second-order valence-electron chi connectivity index (χ2n) is 8.95. The van der Waals surface area contributed by atoms with Crippen LogP contribution in [0.1, 0.15) is 23.7 Å². The summed E-state index contributed by atoms with van der Waals surface area (Å²) in [6.45, 7) is 5.05. The Hall–Kier alpha value is -4.81. The van der Waals surface area contributed by atoms with Crippen LogP contribution in [-0.4, -0.2) is 70.9 Å². The molecule has 40 heavy (non-hydrogen) atoms. The molecule has 3 aromatic rings. The number of nitrogens with zero attached hydrogens (tertiary/aromatic N) is 4. The number of aromatic nitrogens is 2. The maximum atomic E-state index is 13.1. The van der Waals surface area contributed by atoms with E-state index in [2.05, 4.69) is 32.0 Å². The van der Waals surface area contributed by atoms with Crippen molar-refractivity contribution in [1.29, 1.82) is 5.26 Å². The first-order chi connectivity index (χ1) is 19.1. The van der Waals surface area contributed by atoms with Crippen molar-refractivity contribution in [1.82, 2.24) is 19.8 Å². The Morgan fingerprint density at radius 1 is 1.12 bits per heavy atom. The number of carbonyl (C=O) groups is 2. The van der Waals surface area contributed by atoms with E-state index in [9.17, 15) is 22.8 Å². The van der Waals surface area contributed by atoms with Gasteiger partial charge in [-0.2, -0.15) is 18.4 Å². The SMILES string of the molecule is CC(=O)N1CCN(CCOc2ccc(-c3ncc(C(F)(F)F)[nH]3)cc2NC(=O)C#Cc2cccc(C#N)c2)CC1. The number of amides is 2. The molecule has 2 N–H and O–H groups in total. The number of halogens is 3. The number of carbonyl (C=O) groups excluding carboxylic acids is 2. The highest BCUT2D eigenvalue weighted by molar-refractivity contribution is 6.05. The van der Waals surface area contributed by atoms with E-state index in [1.54, 1.807) is 36.1 Å². The summed E-state index contributed by atoms with van der Waals surface area (Å²) in [7, 11) is 0. The predicted molar refractivity (Wildman–Crippen MR) is 140 cm³/mol. The Labute approximate surface area is 228 Å². The third kappa shape index (κ3) is 7.40. The fourth-order valence-electron chi connectivity index (χ4n) is 4.03. The van der Waals surface area contributed by atoms with Gasteiger partial charge in [-0.1, -0.05) is 12.0 Å². The van der Waals surface area contributed by atoms with Crippen LogP contribution in [0.25, 0.3) is 11.4 Å². The third-order valence-electron chi connectivity index (χ3n) is 6.18. The maximum absolute atomic E-state index is 13.1. The first-order valence-corrected chi connectivity index (χ1v) is 12.3.